The molecule has 4 rings (SSSR count). The van der Waals surface area contributed by atoms with Crippen molar-refractivity contribution in [2.24, 2.45) is 0 Å². The third-order valence-electron chi connectivity index (χ3n) is 5.40. The lowest BCUT2D eigenvalue weighted by atomic mass is 10.2. The molecule has 1 fully saturated rings. The SMILES string of the molecule is COc1ccc(N2CCN(C(=O)COC(=O)c3ccc(-n4cccc4)cc3)CC2)cc1. The first kappa shape index (κ1) is 20.5. The normalized spacial score (nSPS) is 13.7. The van der Waals surface area contributed by atoms with E-state index in [2.05, 4.69) is 4.90 Å². The van der Waals surface area contributed by atoms with Crippen LogP contribution < -0.4 is 9.64 Å². The zero-order valence-electron chi connectivity index (χ0n) is 17.4. The number of ether oxygens (including phenoxy) is 2. The van der Waals surface area contributed by atoms with E-state index >= 15 is 0 Å². The molecule has 3 aromatic rings. The van der Waals surface area contributed by atoms with Crippen LogP contribution >= 0.6 is 0 Å². The van der Waals surface area contributed by atoms with E-state index in [1.807, 2.05) is 65.5 Å². The van der Waals surface area contributed by atoms with Crippen molar-refractivity contribution in [1.82, 2.24) is 9.47 Å². The first-order valence-electron chi connectivity index (χ1n) is 10.2. The van der Waals surface area contributed by atoms with Crippen LogP contribution in [0.4, 0.5) is 5.69 Å². The fourth-order valence-corrected chi connectivity index (χ4v) is 3.59. The Bertz CT molecular complexity index is 1010. The molecule has 0 radical (unpaired) electrons. The molecule has 0 unspecified atom stereocenters. The van der Waals surface area contributed by atoms with Gasteiger partial charge >= 0.3 is 5.97 Å². The number of piperazine rings is 1. The van der Waals surface area contributed by atoms with Gasteiger partial charge in [-0.3, -0.25) is 4.79 Å². The van der Waals surface area contributed by atoms with Crippen molar-refractivity contribution in [2.45, 2.75) is 0 Å². The minimum absolute atomic E-state index is 0.174. The average Bonchev–Trinajstić information content (AvgIpc) is 3.38. The molecule has 31 heavy (non-hydrogen) atoms. The molecule has 1 aromatic heterocycles. The van der Waals surface area contributed by atoms with Crippen molar-refractivity contribution in [2.75, 3.05) is 44.8 Å². The van der Waals surface area contributed by atoms with Gasteiger partial charge in [0, 0.05) is 49.9 Å². The molecule has 0 N–H and O–H groups in total. The number of amides is 1. The number of carbonyl (C=O) groups is 2. The molecule has 1 saturated heterocycles. The van der Waals surface area contributed by atoms with E-state index in [9.17, 15) is 9.59 Å². The lowest BCUT2D eigenvalue weighted by Gasteiger charge is -2.36. The average molecular weight is 419 g/mol. The van der Waals surface area contributed by atoms with Gasteiger partial charge < -0.3 is 23.8 Å². The van der Waals surface area contributed by atoms with Crippen LogP contribution in [0, 0.1) is 0 Å². The first-order valence-corrected chi connectivity index (χ1v) is 10.2. The molecule has 7 nitrogen and oxygen atoms in total. The molecule has 1 aliphatic heterocycles. The fourth-order valence-electron chi connectivity index (χ4n) is 3.59. The number of anilines is 1. The van der Waals surface area contributed by atoms with Crippen molar-refractivity contribution >= 4 is 17.6 Å². The van der Waals surface area contributed by atoms with Gasteiger partial charge in [-0.2, -0.15) is 0 Å². The van der Waals surface area contributed by atoms with Crippen LogP contribution in [0.15, 0.2) is 73.1 Å². The second-order valence-electron chi connectivity index (χ2n) is 7.28. The van der Waals surface area contributed by atoms with E-state index in [4.69, 9.17) is 9.47 Å². The topological polar surface area (TPSA) is 64.0 Å². The van der Waals surface area contributed by atoms with Crippen LogP contribution in [-0.2, 0) is 9.53 Å². The van der Waals surface area contributed by atoms with Gasteiger partial charge in [0.2, 0.25) is 0 Å². The van der Waals surface area contributed by atoms with Crippen LogP contribution in [0.1, 0.15) is 10.4 Å². The number of nitrogens with zero attached hydrogens (tertiary/aromatic N) is 3. The fraction of sp³-hybridized carbons (Fsp3) is 0.250. The number of carbonyl (C=O) groups excluding carboxylic acids is 2. The summed E-state index contributed by atoms with van der Waals surface area (Å²) in [6.45, 7) is 2.39. The summed E-state index contributed by atoms with van der Waals surface area (Å²) in [5.41, 5.74) is 2.48. The van der Waals surface area contributed by atoms with Gasteiger partial charge in [-0.1, -0.05) is 0 Å². The molecule has 7 heteroatoms. The van der Waals surface area contributed by atoms with Crippen LogP contribution in [0.3, 0.4) is 0 Å². The minimum Gasteiger partial charge on any atom is -0.497 e. The summed E-state index contributed by atoms with van der Waals surface area (Å²) in [7, 11) is 1.64. The maximum absolute atomic E-state index is 12.5. The molecule has 1 aliphatic rings. The predicted molar refractivity (Wildman–Crippen MR) is 118 cm³/mol. The molecule has 0 atom stereocenters. The third kappa shape index (κ3) is 4.88. The number of benzene rings is 2. The molecular formula is C24H25N3O4. The molecule has 0 aliphatic carbocycles. The van der Waals surface area contributed by atoms with Gasteiger partial charge in [-0.15, -0.1) is 0 Å². The van der Waals surface area contributed by atoms with Crippen molar-refractivity contribution in [3.05, 3.63) is 78.6 Å². The van der Waals surface area contributed by atoms with Crippen LogP contribution in [0.2, 0.25) is 0 Å². The number of hydrogen-bond donors (Lipinski definition) is 0. The van der Waals surface area contributed by atoms with E-state index in [0.717, 1.165) is 30.2 Å². The minimum atomic E-state index is -0.496. The Morgan fingerprint density at radius 1 is 0.839 bits per heavy atom. The number of methoxy groups -OCH3 is 1. The summed E-state index contributed by atoms with van der Waals surface area (Å²) in [4.78, 5) is 28.7. The number of rotatable bonds is 6. The summed E-state index contributed by atoms with van der Waals surface area (Å²) in [6.07, 6.45) is 3.86. The second kappa shape index (κ2) is 9.38. The van der Waals surface area contributed by atoms with Crippen LogP contribution in [0.25, 0.3) is 5.69 Å². The molecule has 1 amide bonds. The van der Waals surface area contributed by atoms with E-state index in [0.29, 0.717) is 18.7 Å². The Labute approximate surface area is 181 Å². The van der Waals surface area contributed by atoms with Gasteiger partial charge in [-0.05, 0) is 60.7 Å². The van der Waals surface area contributed by atoms with Gasteiger partial charge in [0.1, 0.15) is 5.75 Å². The quantitative estimate of drug-likeness (QED) is 0.575. The highest BCUT2D eigenvalue weighted by molar-refractivity contribution is 5.91. The summed E-state index contributed by atoms with van der Waals surface area (Å²) >= 11 is 0. The molecule has 0 bridgehead atoms. The Balaban J connectivity index is 1.25. The Kier molecular flexibility index (Phi) is 6.21. The number of esters is 1. The standard InChI is InChI=1S/C24H25N3O4/c1-30-22-10-8-21(9-11-22)26-14-16-27(17-15-26)23(28)18-31-24(29)19-4-6-20(7-5-19)25-12-2-3-13-25/h2-13H,14-18H2,1H3. The van der Waals surface area contributed by atoms with Crippen LogP contribution in [-0.4, -0.2) is 61.2 Å². The summed E-state index contributed by atoms with van der Waals surface area (Å²) in [6, 6.07) is 18.8. The predicted octanol–water partition coefficient (Wildman–Crippen LogP) is 2.99. The molecule has 0 saturated carbocycles. The molecular weight excluding hydrogens is 394 g/mol. The summed E-state index contributed by atoms with van der Waals surface area (Å²) in [5.74, 6) is 0.148. The highest BCUT2D eigenvalue weighted by Crippen LogP contribution is 2.20. The Hall–Kier alpha value is -3.74. The van der Waals surface area contributed by atoms with E-state index in [1.165, 1.54) is 0 Å². The zero-order valence-corrected chi connectivity index (χ0v) is 17.4. The lowest BCUT2D eigenvalue weighted by molar-refractivity contribution is -0.134. The van der Waals surface area contributed by atoms with Crippen molar-refractivity contribution < 1.29 is 19.1 Å². The van der Waals surface area contributed by atoms with E-state index < -0.39 is 5.97 Å². The third-order valence-corrected chi connectivity index (χ3v) is 5.40. The maximum Gasteiger partial charge on any atom is 0.338 e. The summed E-state index contributed by atoms with van der Waals surface area (Å²) < 4.78 is 12.4. The number of aromatic nitrogens is 1. The highest BCUT2D eigenvalue weighted by Gasteiger charge is 2.22. The second-order valence-corrected chi connectivity index (χ2v) is 7.28. The first-order chi connectivity index (χ1) is 15.1. The zero-order chi connectivity index (χ0) is 21.6. The monoisotopic (exact) mass is 419 g/mol. The molecule has 160 valence electrons. The number of hydrogen-bond acceptors (Lipinski definition) is 5. The lowest BCUT2D eigenvalue weighted by Crippen LogP contribution is -2.49. The molecule has 2 aromatic carbocycles. The molecule has 0 spiro atoms. The Morgan fingerprint density at radius 3 is 2.06 bits per heavy atom. The van der Waals surface area contributed by atoms with Gasteiger partial charge in [0.25, 0.3) is 5.91 Å². The maximum atomic E-state index is 12.5. The largest absolute Gasteiger partial charge is 0.497 e. The van der Waals surface area contributed by atoms with Gasteiger partial charge in [0.15, 0.2) is 6.61 Å². The summed E-state index contributed by atoms with van der Waals surface area (Å²) in [5, 5.41) is 0. The van der Waals surface area contributed by atoms with E-state index in [-0.39, 0.29) is 12.5 Å². The van der Waals surface area contributed by atoms with Crippen molar-refractivity contribution in [3.8, 4) is 11.4 Å². The smallest absolute Gasteiger partial charge is 0.338 e. The van der Waals surface area contributed by atoms with Crippen molar-refractivity contribution in [1.29, 1.82) is 0 Å². The Morgan fingerprint density at radius 2 is 1.45 bits per heavy atom. The highest BCUT2D eigenvalue weighted by atomic mass is 16.5. The van der Waals surface area contributed by atoms with Crippen LogP contribution in [0.5, 0.6) is 5.75 Å². The van der Waals surface area contributed by atoms with Crippen molar-refractivity contribution in [3.63, 3.8) is 0 Å². The molecule has 2 heterocycles. The van der Waals surface area contributed by atoms with E-state index in [1.54, 1.807) is 24.1 Å². The van der Waals surface area contributed by atoms with Gasteiger partial charge in [0.05, 0.1) is 12.7 Å². The van der Waals surface area contributed by atoms with Gasteiger partial charge in [-0.25, -0.2) is 4.79 Å².